The highest BCUT2D eigenvalue weighted by molar-refractivity contribution is 6.45. The zero-order valence-electron chi connectivity index (χ0n) is 11.5. The van der Waals surface area contributed by atoms with Crippen LogP contribution in [0.1, 0.15) is 11.1 Å². The van der Waals surface area contributed by atoms with Crippen molar-refractivity contribution in [3.63, 3.8) is 0 Å². The summed E-state index contributed by atoms with van der Waals surface area (Å²) in [6, 6.07) is 11.7. The maximum absolute atomic E-state index is 6.55. The quantitative estimate of drug-likeness (QED) is 0.495. The van der Waals surface area contributed by atoms with Crippen LogP contribution in [0.25, 0.3) is 22.2 Å². The molecule has 0 N–H and O–H groups in total. The molecule has 2 aromatic carbocycles. The van der Waals surface area contributed by atoms with Gasteiger partial charge in [-0.2, -0.15) is 0 Å². The third-order valence-corrected chi connectivity index (χ3v) is 4.79. The molecule has 0 atom stereocenters. The normalized spacial score (nSPS) is 11.1. The third kappa shape index (κ3) is 2.40. The molecule has 0 saturated heterocycles. The van der Waals surface area contributed by atoms with Crippen LogP contribution in [0.4, 0.5) is 0 Å². The van der Waals surface area contributed by atoms with Gasteiger partial charge in [0, 0.05) is 10.9 Å². The van der Waals surface area contributed by atoms with Crippen molar-refractivity contribution in [2.45, 2.75) is 13.8 Å². The molecule has 0 aliphatic heterocycles. The molecule has 1 aromatic heterocycles. The molecule has 0 spiro atoms. The molecule has 4 heteroatoms. The number of nitrogens with zero attached hydrogens (tertiary/aromatic N) is 1. The van der Waals surface area contributed by atoms with E-state index in [1.54, 1.807) is 0 Å². The van der Waals surface area contributed by atoms with Crippen LogP contribution < -0.4 is 0 Å². The summed E-state index contributed by atoms with van der Waals surface area (Å²) in [7, 11) is 0. The molecule has 0 aliphatic rings. The first kappa shape index (κ1) is 14.6. The Labute approximate surface area is 138 Å². The van der Waals surface area contributed by atoms with Crippen molar-refractivity contribution in [2.24, 2.45) is 0 Å². The molecule has 0 saturated carbocycles. The third-order valence-electron chi connectivity index (χ3n) is 3.55. The molecule has 0 fully saturated rings. The van der Waals surface area contributed by atoms with Gasteiger partial charge >= 0.3 is 0 Å². The molecule has 0 bridgehead atoms. The van der Waals surface area contributed by atoms with Gasteiger partial charge in [-0.05, 0) is 31.0 Å². The van der Waals surface area contributed by atoms with Gasteiger partial charge in [0.15, 0.2) is 0 Å². The largest absolute Gasteiger partial charge is 0.246 e. The summed E-state index contributed by atoms with van der Waals surface area (Å²) in [5.41, 5.74) is 4.27. The van der Waals surface area contributed by atoms with E-state index in [1.807, 2.05) is 50.2 Å². The lowest BCUT2D eigenvalue weighted by Crippen LogP contribution is -1.94. The minimum absolute atomic E-state index is 0.561. The van der Waals surface area contributed by atoms with E-state index in [0.29, 0.717) is 20.6 Å². The maximum atomic E-state index is 6.55. The molecule has 21 heavy (non-hydrogen) atoms. The van der Waals surface area contributed by atoms with Gasteiger partial charge in [-0.1, -0.05) is 65.1 Å². The van der Waals surface area contributed by atoms with E-state index in [1.165, 1.54) is 0 Å². The Morgan fingerprint density at radius 2 is 1.57 bits per heavy atom. The Bertz CT molecular complexity index is 842. The molecule has 3 rings (SSSR count). The van der Waals surface area contributed by atoms with Crippen molar-refractivity contribution in [1.29, 1.82) is 0 Å². The highest BCUT2D eigenvalue weighted by Gasteiger charge is 2.17. The summed E-state index contributed by atoms with van der Waals surface area (Å²) in [6.45, 7) is 3.86. The second kappa shape index (κ2) is 5.49. The smallest absolute Gasteiger partial charge is 0.0926 e. The second-order valence-electron chi connectivity index (χ2n) is 4.98. The van der Waals surface area contributed by atoms with E-state index in [4.69, 9.17) is 39.8 Å². The molecule has 1 heterocycles. The lowest BCUT2D eigenvalue weighted by atomic mass is 10.0. The fraction of sp³-hybridized carbons (Fsp3) is 0.118. The summed E-state index contributed by atoms with van der Waals surface area (Å²) in [5.74, 6) is 0. The van der Waals surface area contributed by atoms with Crippen molar-refractivity contribution in [2.75, 3.05) is 0 Å². The number of aryl methyl sites for hydroxylation is 1. The highest BCUT2D eigenvalue weighted by atomic mass is 35.5. The Hall–Kier alpha value is -1.28. The average Bonchev–Trinajstić information content (AvgIpc) is 2.48. The lowest BCUT2D eigenvalue weighted by molar-refractivity contribution is 1.32. The van der Waals surface area contributed by atoms with Crippen LogP contribution in [-0.4, -0.2) is 4.98 Å². The Morgan fingerprint density at radius 3 is 2.24 bits per heavy atom. The Morgan fingerprint density at radius 1 is 0.905 bits per heavy atom. The lowest BCUT2D eigenvalue weighted by Gasteiger charge is -2.13. The molecular formula is C17H12Cl3N. The van der Waals surface area contributed by atoms with Gasteiger partial charge in [-0.15, -0.1) is 0 Å². The maximum Gasteiger partial charge on any atom is 0.0926 e. The van der Waals surface area contributed by atoms with Crippen LogP contribution in [0.15, 0.2) is 36.4 Å². The number of halogens is 3. The summed E-state index contributed by atoms with van der Waals surface area (Å²) in [5, 5.41) is 2.50. The highest BCUT2D eigenvalue weighted by Crippen LogP contribution is 2.40. The predicted octanol–water partition coefficient (Wildman–Crippen LogP) is 6.48. The first-order valence-corrected chi connectivity index (χ1v) is 7.64. The molecule has 1 nitrogen and oxygen atoms in total. The fourth-order valence-corrected chi connectivity index (χ4v) is 3.28. The number of pyridine rings is 1. The second-order valence-corrected chi connectivity index (χ2v) is 6.14. The monoisotopic (exact) mass is 335 g/mol. The number of benzene rings is 2. The topological polar surface area (TPSA) is 12.9 Å². The van der Waals surface area contributed by atoms with Gasteiger partial charge in [-0.3, -0.25) is 0 Å². The van der Waals surface area contributed by atoms with Crippen molar-refractivity contribution in [3.05, 3.63) is 62.6 Å². The van der Waals surface area contributed by atoms with Crippen molar-refractivity contribution in [1.82, 2.24) is 4.98 Å². The van der Waals surface area contributed by atoms with E-state index in [2.05, 4.69) is 0 Å². The fourth-order valence-electron chi connectivity index (χ4n) is 2.42. The van der Waals surface area contributed by atoms with E-state index in [9.17, 15) is 0 Å². The van der Waals surface area contributed by atoms with Gasteiger partial charge < -0.3 is 0 Å². The van der Waals surface area contributed by atoms with Crippen molar-refractivity contribution < 1.29 is 0 Å². The molecule has 0 aliphatic carbocycles. The summed E-state index contributed by atoms with van der Waals surface area (Å²) in [4.78, 5) is 4.71. The number of hydrogen-bond donors (Lipinski definition) is 0. The molecule has 0 amide bonds. The van der Waals surface area contributed by atoms with Crippen LogP contribution in [0.2, 0.25) is 15.1 Å². The molecule has 106 valence electrons. The van der Waals surface area contributed by atoms with Gasteiger partial charge in [-0.25, -0.2) is 4.98 Å². The number of rotatable bonds is 1. The number of aromatic nitrogens is 1. The number of fused-ring (bicyclic) bond motifs is 1. The van der Waals surface area contributed by atoms with E-state index in [-0.39, 0.29) is 0 Å². The van der Waals surface area contributed by atoms with Crippen LogP contribution in [0, 0.1) is 13.8 Å². The molecular weight excluding hydrogens is 325 g/mol. The predicted molar refractivity (Wildman–Crippen MR) is 91.7 cm³/mol. The van der Waals surface area contributed by atoms with Gasteiger partial charge in [0.25, 0.3) is 0 Å². The van der Waals surface area contributed by atoms with Crippen LogP contribution in [0.3, 0.4) is 0 Å². The zero-order chi connectivity index (χ0) is 15.1. The van der Waals surface area contributed by atoms with E-state index < -0.39 is 0 Å². The van der Waals surface area contributed by atoms with Gasteiger partial charge in [0.05, 0.1) is 26.3 Å². The first-order valence-electron chi connectivity index (χ1n) is 6.50. The van der Waals surface area contributed by atoms with Crippen LogP contribution in [0.5, 0.6) is 0 Å². The summed E-state index contributed by atoms with van der Waals surface area (Å²) in [6.07, 6.45) is 0. The number of hydrogen-bond acceptors (Lipinski definition) is 1. The standard InChI is InChI=1S/C17H12Cl3N/c1-9-8-12(18)17-13(14(9)19)15(20)10(2)16(21-17)11-6-4-3-5-7-11/h3-8H,1-2H3. The average molecular weight is 337 g/mol. The van der Waals surface area contributed by atoms with E-state index in [0.717, 1.165) is 27.8 Å². The Kier molecular flexibility index (Phi) is 3.83. The van der Waals surface area contributed by atoms with E-state index >= 15 is 0 Å². The SMILES string of the molecule is Cc1cc(Cl)c2nc(-c3ccccc3)c(C)c(Cl)c2c1Cl. The van der Waals surface area contributed by atoms with Crippen molar-refractivity contribution in [3.8, 4) is 11.3 Å². The van der Waals surface area contributed by atoms with Gasteiger partial charge in [0.2, 0.25) is 0 Å². The summed E-state index contributed by atoms with van der Waals surface area (Å²) < 4.78 is 0. The zero-order valence-corrected chi connectivity index (χ0v) is 13.8. The summed E-state index contributed by atoms with van der Waals surface area (Å²) >= 11 is 19.3. The Balaban J connectivity index is 2.44. The minimum atomic E-state index is 0.561. The molecule has 0 radical (unpaired) electrons. The first-order chi connectivity index (χ1) is 10.0. The van der Waals surface area contributed by atoms with Crippen LogP contribution in [-0.2, 0) is 0 Å². The van der Waals surface area contributed by atoms with Gasteiger partial charge in [0.1, 0.15) is 0 Å². The minimum Gasteiger partial charge on any atom is -0.246 e. The molecule has 0 unspecified atom stereocenters. The molecule has 3 aromatic rings. The van der Waals surface area contributed by atoms with Crippen LogP contribution >= 0.6 is 34.8 Å². The van der Waals surface area contributed by atoms with Crippen molar-refractivity contribution >= 4 is 45.7 Å².